The molecule has 4 nitrogen and oxygen atoms in total. The Labute approximate surface area is 117 Å². The van der Waals surface area contributed by atoms with E-state index in [2.05, 4.69) is 35.7 Å². The molecule has 0 N–H and O–H groups in total. The van der Waals surface area contributed by atoms with E-state index in [1.54, 1.807) is 0 Å². The molecule has 2 rings (SSSR count). The van der Waals surface area contributed by atoms with Crippen LogP contribution in [0.1, 0.15) is 26.2 Å². The average molecular weight is 267 g/mol. The highest BCUT2D eigenvalue weighted by atomic mass is 16.2. The zero-order valence-corrected chi connectivity index (χ0v) is 12.8. The molecule has 1 unspecified atom stereocenters. The van der Waals surface area contributed by atoms with Gasteiger partial charge < -0.3 is 9.80 Å². The second kappa shape index (κ2) is 6.71. The van der Waals surface area contributed by atoms with Gasteiger partial charge in [0.25, 0.3) is 0 Å². The molecule has 0 aliphatic carbocycles. The molecule has 1 atom stereocenters. The fourth-order valence-electron chi connectivity index (χ4n) is 3.24. The van der Waals surface area contributed by atoms with Crippen LogP contribution in [0.3, 0.4) is 0 Å². The molecule has 110 valence electrons. The molecule has 0 aromatic carbocycles. The van der Waals surface area contributed by atoms with Crippen molar-refractivity contribution in [3.63, 3.8) is 0 Å². The van der Waals surface area contributed by atoms with Crippen LogP contribution < -0.4 is 0 Å². The highest BCUT2D eigenvalue weighted by Crippen LogP contribution is 2.19. The number of nitrogens with zero attached hydrogens (tertiary/aromatic N) is 3. The fraction of sp³-hybridized carbons (Fsp3) is 0.933. The molecule has 0 spiro atoms. The zero-order valence-electron chi connectivity index (χ0n) is 12.8. The second-order valence-electron chi connectivity index (χ2n) is 6.72. The molecule has 2 aliphatic heterocycles. The average Bonchev–Trinajstić information content (AvgIpc) is 2.80. The monoisotopic (exact) mass is 267 g/mol. The number of hydrogen-bond donors (Lipinski definition) is 0. The van der Waals surface area contributed by atoms with E-state index in [4.69, 9.17) is 0 Å². The van der Waals surface area contributed by atoms with Crippen LogP contribution in [0.4, 0.5) is 0 Å². The summed E-state index contributed by atoms with van der Waals surface area (Å²) in [7, 11) is 4.22. The first kappa shape index (κ1) is 14.8. The van der Waals surface area contributed by atoms with E-state index in [-0.39, 0.29) is 0 Å². The van der Waals surface area contributed by atoms with Crippen molar-refractivity contribution in [2.24, 2.45) is 11.8 Å². The molecule has 0 aromatic heterocycles. The molecule has 4 heteroatoms. The Bertz CT molecular complexity index is 298. The zero-order chi connectivity index (χ0) is 13.8. The van der Waals surface area contributed by atoms with Crippen LogP contribution in [0.15, 0.2) is 0 Å². The SMILES string of the molecule is CC1CCN(CC(=O)N2CCC(CN(C)C)C2)CC1. The summed E-state index contributed by atoms with van der Waals surface area (Å²) in [5.74, 6) is 1.85. The van der Waals surface area contributed by atoms with E-state index in [9.17, 15) is 4.79 Å². The molecule has 0 saturated carbocycles. The predicted octanol–water partition coefficient (Wildman–Crippen LogP) is 1.13. The van der Waals surface area contributed by atoms with Gasteiger partial charge in [-0.05, 0) is 58.3 Å². The van der Waals surface area contributed by atoms with Gasteiger partial charge in [0.1, 0.15) is 0 Å². The number of amides is 1. The maximum Gasteiger partial charge on any atom is 0.236 e. The highest BCUT2D eigenvalue weighted by Gasteiger charge is 2.28. The van der Waals surface area contributed by atoms with Crippen molar-refractivity contribution in [3.8, 4) is 0 Å². The summed E-state index contributed by atoms with van der Waals surface area (Å²) in [6, 6.07) is 0. The lowest BCUT2D eigenvalue weighted by molar-refractivity contribution is -0.131. The fourth-order valence-corrected chi connectivity index (χ4v) is 3.24. The van der Waals surface area contributed by atoms with Gasteiger partial charge in [0.15, 0.2) is 0 Å². The summed E-state index contributed by atoms with van der Waals surface area (Å²) < 4.78 is 0. The first-order chi connectivity index (χ1) is 9.04. The van der Waals surface area contributed by atoms with Gasteiger partial charge in [-0.3, -0.25) is 9.69 Å². The van der Waals surface area contributed by atoms with Crippen LogP contribution in [0.5, 0.6) is 0 Å². The van der Waals surface area contributed by atoms with E-state index in [0.29, 0.717) is 18.4 Å². The van der Waals surface area contributed by atoms with E-state index >= 15 is 0 Å². The van der Waals surface area contributed by atoms with Gasteiger partial charge in [-0.25, -0.2) is 0 Å². The van der Waals surface area contributed by atoms with Crippen LogP contribution in [-0.2, 0) is 4.79 Å². The number of rotatable bonds is 4. The molecule has 2 aliphatic rings. The molecular formula is C15H29N3O. The van der Waals surface area contributed by atoms with Crippen molar-refractivity contribution in [2.45, 2.75) is 26.2 Å². The van der Waals surface area contributed by atoms with Gasteiger partial charge in [-0.1, -0.05) is 6.92 Å². The molecule has 2 fully saturated rings. The van der Waals surface area contributed by atoms with Gasteiger partial charge >= 0.3 is 0 Å². The van der Waals surface area contributed by atoms with Crippen molar-refractivity contribution >= 4 is 5.91 Å². The van der Waals surface area contributed by atoms with Crippen LogP contribution in [0.25, 0.3) is 0 Å². The number of piperidine rings is 1. The van der Waals surface area contributed by atoms with Gasteiger partial charge in [0.2, 0.25) is 5.91 Å². The summed E-state index contributed by atoms with van der Waals surface area (Å²) in [6.07, 6.45) is 3.66. The minimum Gasteiger partial charge on any atom is -0.341 e. The van der Waals surface area contributed by atoms with Crippen molar-refractivity contribution in [3.05, 3.63) is 0 Å². The molecule has 0 bridgehead atoms. The third-order valence-corrected chi connectivity index (χ3v) is 4.50. The Morgan fingerprint density at radius 2 is 1.84 bits per heavy atom. The summed E-state index contributed by atoms with van der Waals surface area (Å²) in [6.45, 7) is 8.17. The summed E-state index contributed by atoms with van der Waals surface area (Å²) in [5, 5.41) is 0. The van der Waals surface area contributed by atoms with Crippen molar-refractivity contribution in [1.29, 1.82) is 0 Å². The molecule has 2 saturated heterocycles. The summed E-state index contributed by atoms with van der Waals surface area (Å²) in [4.78, 5) is 18.9. The number of likely N-dealkylation sites (tertiary alicyclic amines) is 2. The largest absolute Gasteiger partial charge is 0.341 e. The predicted molar refractivity (Wildman–Crippen MR) is 78.1 cm³/mol. The molecule has 0 aromatic rings. The quantitative estimate of drug-likeness (QED) is 0.764. The minimum absolute atomic E-state index is 0.343. The van der Waals surface area contributed by atoms with E-state index in [1.807, 2.05) is 0 Å². The van der Waals surface area contributed by atoms with Crippen molar-refractivity contribution in [2.75, 3.05) is 53.4 Å². The van der Waals surface area contributed by atoms with Crippen molar-refractivity contribution in [1.82, 2.24) is 14.7 Å². The smallest absolute Gasteiger partial charge is 0.236 e. The molecule has 2 heterocycles. The topological polar surface area (TPSA) is 26.8 Å². The van der Waals surface area contributed by atoms with Gasteiger partial charge in [-0.15, -0.1) is 0 Å². The summed E-state index contributed by atoms with van der Waals surface area (Å²) in [5.41, 5.74) is 0. The lowest BCUT2D eigenvalue weighted by Gasteiger charge is -2.31. The van der Waals surface area contributed by atoms with E-state index in [1.165, 1.54) is 19.3 Å². The molecule has 0 radical (unpaired) electrons. The molecular weight excluding hydrogens is 238 g/mol. The Morgan fingerprint density at radius 1 is 1.16 bits per heavy atom. The van der Waals surface area contributed by atoms with Gasteiger partial charge in [0.05, 0.1) is 6.54 Å². The van der Waals surface area contributed by atoms with Gasteiger partial charge in [-0.2, -0.15) is 0 Å². The maximum atomic E-state index is 12.3. The first-order valence-corrected chi connectivity index (χ1v) is 7.69. The lowest BCUT2D eigenvalue weighted by Crippen LogP contribution is -2.42. The van der Waals surface area contributed by atoms with E-state index in [0.717, 1.165) is 38.6 Å². The van der Waals surface area contributed by atoms with Crippen LogP contribution in [-0.4, -0.2) is 74.0 Å². The minimum atomic E-state index is 0.343. The summed E-state index contributed by atoms with van der Waals surface area (Å²) >= 11 is 0. The number of carbonyl (C=O) groups is 1. The number of hydrogen-bond acceptors (Lipinski definition) is 3. The van der Waals surface area contributed by atoms with Crippen LogP contribution in [0, 0.1) is 11.8 Å². The second-order valence-corrected chi connectivity index (χ2v) is 6.72. The Kier molecular flexibility index (Phi) is 5.22. The normalized spacial score (nSPS) is 26.3. The lowest BCUT2D eigenvalue weighted by atomic mass is 9.99. The Morgan fingerprint density at radius 3 is 2.47 bits per heavy atom. The first-order valence-electron chi connectivity index (χ1n) is 7.69. The molecule has 1 amide bonds. The van der Waals surface area contributed by atoms with E-state index < -0.39 is 0 Å². The standard InChI is InChI=1S/C15H29N3O/c1-13-4-7-17(8-5-13)12-15(19)18-9-6-14(11-18)10-16(2)3/h13-14H,4-12H2,1-3H3. The van der Waals surface area contributed by atoms with Crippen molar-refractivity contribution < 1.29 is 4.79 Å². The van der Waals surface area contributed by atoms with Gasteiger partial charge in [0, 0.05) is 19.6 Å². The molecule has 19 heavy (non-hydrogen) atoms. The maximum absolute atomic E-state index is 12.3. The third-order valence-electron chi connectivity index (χ3n) is 4.50. The Balaban J connectivity index is 1.72. The Hall–Kier alpha value is -0.610. The van der Waals surface area contributed by atoms with Crippen LogP contribution in [0.2, 0.25) is 0 Å². The third kappa shape index (κ3) is 4.46. The number of carbonyl (C=O) groups excluding carboxylic acids is 1. The van der Waals surface area contributed by atoms with Crippen LogP contribution >= 0.6 is 0 Å². The highest BCUT2D eigenvalue weighted by molar-refractivity contribution is 5.78.